The normalized spacial score (nSPS) is 12.7. The Morgan fingerprint density at radius 2 is 2.05 bits per heavy atom. The first-order chi connectivity index (χ1) is 9.25. The Morgan fingerprint density at radius 3 is 2.84 bits per heavy atom. The van der Waals surface area contributed by atoms with E-state index in [1.807, 2.05) is 47.2 Å². The maximum Gasteiger partial charge on any atom is 0.0989 e. The van der Waals surface area contributed by atoms with Crippen molar-refractivity contribution in [2.24, 2.45) is 0 Å². The van der Waals surface area contributed by atoms with E-state index in [-0.39, 0.29) is 0 Å². The molecule has 2 aromatic carbocycles. The van der Waals surface area contributed by atoms with E-state index in [4.69, 9.17) is 11.6 Å². The van der Waals surface area contributed by atoms with Crippen LogP contribution >= 0.6 is 11.6 Å². The predicted molar refractivity (Wildman–Crippen MR) is 76.1 cm³/mol. The number of hydrogen-bond acceptors (Lipinski definition) is 2. The second-order valence-electron chi connectivity index (χ2n) is 4.46. The monoisotopic (exact) mass is 272 g/mol. The number of aromatic nitrogens is 2. The second-order valence-corrected chi connectivity index (χ2v) is 4.86. The molecule has 3 rings (SSSR count). The van der Waals surface area contributed by atoms with Crippen LogP contribution in [0.2, 0.25) is 5.02 Å². The van der Waals surface area contributed by atoms with E-state index in [0.29, 0.717) is 11.6 Å². The standard InChI is InChI=1S/C15H13ClN2O/c16-13-6-5-11-3-1-2-4-12(11)15(13)14(19)9-18-8-7-17-10-18/h1-8,10,14,19H,9H2. The van der Waals surface area contributed by atoms with Gasteiger partial charge in [0.05, 0.1) is 19.0 Å². The second kappa shape index (κ2) is 5.03. The molecule has 96 valence electrons. The molecule has 0 bridgehead atoms. The minimum Gasteiger partial charge on any atom is -0.386 e. The zero-order valence-electron chi connectivity index (χ0n) is 10.2. The minimum absolute atomic E-state index is 0.438. The summed E-state index contributed by atoms with van der Waals surface area (Å²) >= 11 is 6.25. The quantitative estimate of drug-likeness (QED) is 0.793. The number of aliphatic hydroxyl groups excluding tert-OH is 1. The summed E-state index contributed by atoms with van der Waals surface area (Å²) < 4.78 is 1.84. The van der Waals surface area contributed by atoms with Crippen LogP contribution in [0.3, 0.4) is 0 Å². The van der Waals surface area contributed by atoms with Gasteiger partial charge in [0.1, 0.15) is 0 Å². The van der Waals surface area contributed by atoms with Crippen LogP contribution < -0.4 is 0 Å². The van der Waals surface area contributed by atoms with Crippen LogP contribution in [0.25, 0.3) is 10.8 Å². The highest BCUT2D eigenvalue weighted by Crippen LogP contribution is 2.31. The Morgan fingerprint density at radius 1 is 1.21 bits per heavy atom. The fourth-order valence-electron chi connectivity index (χ4n) is 2.29. The summed E-state index contributed by atoms with van der Waals surface area (Å²) in [5.41, 5.74) is 0.772. The zero-order valence-corrected chi connectivity index (χ0v) is 11.0. The van der Waals surface area contributed by atoms with Gasteiger partial charge in [0.2, 0.25) is 0 Å². The Labute approximate surface area is 116 Å². The zero-order chi connectivity index (χ0) is 13.2. The summed E-state index contributed by atoms with van der Waals surface area (Å²) in [4.78, 5) is 3.97. The number of halogens is 1. The highest BCUT2D eigenvalue weighted by Gasteiger charge is 2.15. The number of hydrogen-bond donors (Lipinski definition) is 1. The van der Waals surface area contributed by atoms with E-state index >= 15 is 0 Å². The highest BCUT2D eigenvalue weighted by molar-refractivity contribution is 6.32. The summed E-state index contributed by atoms with van der Waals surface area (Å²) in [7, 11) is 0. The predicted octanol–water partition coefficient (Wildman–Crippen LogP) is 3.42. The van der Waals surface area contributed by atoms with Gasteiger partial charge >= 0.3 is 0 Å². The first-order valence-electron chi connectivity index (χ1n) is 6.06. The molecule has 0 fully saturated rings. The average Bonchev–Trinajstić information content (AvgIpc) is 2.91. The van der Waals surface area contributed by atoms with Gasteiger partial charge in [-0.3, -0.25) is 0 Å². The minimum atomic E-state index is -0.659. The van der Waals surface area contributed by atoms with E-state index in [0.717, 1.165) is 16.3 Å². The molecule has 0 radical (unpaired) electrons. The fourth-order valence-corrected chi connectivity index (χ4v) is 2.58. The molecule has 1 heterocycles. The number of aliphatic hydroxyl groups is 1. The highest BCUT2D eigenvalue weighted by atomic mass is 35.5. The molecule has 19 heavy (non-hydrogen) atoms. The van der Waals surface area contributed by atoms with Gasteiger partial charge in [-0.2, -0.15) is 0 Å². The maximum atomic E-state index is 10.4. The molecule has 3 aromatic rings. The van der Waals surface area contributed by atoms with Crippen molar-refractivity contribution in [1.29, 1.82) is 0 Å². The van der Waals surface area contributed by atoms with Gasteiger partial charge in [-0.1, -0.05) is 41.9 Å². The topological polar surface area (TPSA) is 38.0 Å². The smallest absolute Gasteiger partial charge is 0.0989 e. The molecule has 0 saturated carbocycles. The molecule has 1 unspecified atom stereocenters. The molecule has 0 aliphatic carbocycles. The Hall–Kier alpha value is -1.84. The van der Waals surface area contributed by atoms with Gasteiger partial charge in [0, 0.05) is 23.0 Å². The molecule has 1 aromatic heterocycles. The van der Waals surface area contributed by atoms with Crippen molar-refractivity contribution in [3.8, 4) is 0 Å². The molecule has 3 nitrogen and oxygen atoms in total. The summed E-state index contributed by atoms with van der Waals surface area (Å²) in [6.45, 7) is 0.438. The summed E-state index contributed by atoms with van der Waals surface area (Å²) in [6, 6.07) is 11.7. The van der Waals surface area contributed by atoms with E-state index < -0.39 is 6.10 Å². The van der Waals surface area contributed by atoms with Gasteiger partial charge in [0.15, 0.2) is 0 Å². The third-order valence-corrected chi connectivity index (χ3v) is 3.52. The Bertz CT molecular complexity index is 694. The van der Waals surface area contributed by atoms with E-state index in [9.17, 15) is 5.11 Å². The van der Waals surface area contributed by atoms with Crippen molar-refractivity contribution in [3.63, 3.8) is 0 Å². The van der Waals surface area contributed by atoms with Gasteiger partial charge < -0.3 is 9.67 Å². The molecule has 0 amide bonds. The lowest BCUT2D eigenvalue weighted by Gasteiger charge is -2.16. The van der Waals surface area contributed by atoms with E-state index in [1.165, 1.54) is 0 Å². The molecular formula is C15H13ClN2O. The summed E-state index contributed by atoms with van der Waals surface area (Å²) in [6.07, 6.45) is 4.54. The van der Waals surface area contributed by atoms with Crippen LogP contribution in [-0.2, 0) is 6.54 Å². The lowest BCUT2D eigenvalue weighted by atomic mass is 10.00. The van der Waals surface area contributed by atoms with Crippen molar-refractivity contribution in [1.82, 2.24) is 9.55 Å². The number of imidazole rings is 1. The Kier molecular flexibility index (Phi) is 3.23. The number of rotatable bonds is 3. The number of fused-ring (bicyclic) bond motifs is 1. The first kappa shape index (κ1) is 12.2. The van der Waals surface area contributed by atoms with Crippen molar-refractivity contribution >= 4 is 22.4 Å². The van der Waals surface area contributed by atoms with Crippen molar-refractivity contribution in [3.05, 3.63) is 65.7 Å². The van der Waals surface area contributed by atoms with Gasteiger partial charge in [-0.15, -0.1) is 0 Å². The summed E-state index contributed by atoms with van der Waals surface area (Å²) in [5, 5.41) is 13.1. The van der Waals surface area contributed by atoms with Crippen LogP contribution in [0.4, 0.5) is 0 Å². The van der Waals surface area contributed by atoms with Gasteiger partial charge in [-0.05, 0) is 16.8 Å². The molecule has 0 aliphatic heterocycles. The average molecular weight is 273 g/mol. The van der Waals surface area contributed by atoms with Crippen molar-refractivity contribution in [2.45, 2.75) is 12.6 Å². The molecule has 1 N–H and O–H groups in total. The lowest BCUT2D eigenvalue weighted by Crippen LogP contribution is -2.08. The third kappa shape index (κ3) is 2.35. The molecular weight excluding hydrogens is 260 g/mol. The van der Waals surface area contributed by atoms with Crippen molar-refractivity contribution < 1.29 is 5.11 Å². The number of benzene rings is 2. The molecule has 0 saturated heterocycles. The molecule has 1 atom stereocenters. The van der Waals surface area contributed by atoms with Crippen LogP contribution in [0.5, 0.6) is 0 Å². The van der Waals surface area contributed by atoms with Crippen LogP contribution in [-0.4, -0.2) is 14.7 Å². The van der Waals surface area contributed by atoms with Gasteiger partial charge in [0.25, 0.3) is 0 Å². The fraction of sp³-hybridized carbons (Fsp3) is 0.133. The first-order valence-corrected chi connectivity index (χ1v) is 6.44. The molecule has 4 heteroatoms. The van der Waals surface area contributed by atoms with Crippen LogP contribution in [0, 0.1) is 0 Å². The molecule has 0 spiro atoms. The Balaban J connectivity index is 2.05. The van der Waals surface area contributed by atoms with Crippen LogP contribution in [0.15, 0.2) is 55.1 Å². The summed E-state index contributed by atoms with van der Waals surface area (Å²) in [5.74, 6) is 0. The van der Waals surface area contributed by atoms with Crippen LogP contribution in [0.1, 0.15) is 11.7 Å². The lowest BCUT2D eigenvalue weighted by molar-refractivity contribution is 0.158. The van der Waals surface area contributed by atoms with E-state index in [1.54, 1.807) is 12.5 Å². The third-order valence-electron chi connectivity index (χ3n) is 3.19. The largest absolute Gasteiger partial charge is 0.386 e. The maximum absolute atomic E-state index is 10.4. The van der Waals surface area contributed by atoms with Gasteiger partial charge in [-0.25, -0.2) is 4.98 Å². The van der Waals surface area contributed by atoms with Crippen molar-refractivity contribution in [2.75, 3.05) is 0 Å². The SMILES string of the molecule is OC(Cn1ccnc1)c1c(Cl)ccc2ccccc12. The number of nitrogens with zero attached hydrogens (tertiary/aromatic N) is 2. The van der Waals surface area contributed by atoms with E-state index in [2.05, 4.69) is 4.98 Å². The molecule has 0 aliphatic rings.